The zero-order valence-electron chi connectivity index (χ0n) is 11.7. The van der Waals surface area contributed by atoms with Crippen molar-refractivity contribution >= 4 is 10.0 Å². The van der Waals surface area contributed by atoms with Crippen molar-refractivity contribution in [3.63, 3.8) is 0 Å². The van der Waals surface area contributed by atoms with Crippen LogP contribution in [0.1, 0.15) is 16.8 Å². The van der Waals surface area contributed by atoms with Crippen molar-refractivity contribution in [3.05, 3.63) is 47.0 Å². The third kappa shape index (κ3) is 3.46. The number of halogens is 1. The number of aryl methyl sites for hydroxylation is 1. The fraction of sp³-hybridized carbons (Fsp3) is 0.308. The standard InChI is InChI=1S/C13H16FN3O3S/c1-9-12(14)5-10(8-18)6-13(9)21(19,20)15-7-11-3-4-17(2)16-11/h3-6,15,18H,7-8H2,1-2H3. The Morgan fingerprint density at radius 3 is 2.71 bits per heavy atom. The quantitative estimate of drug-likeness (QED) is 0.856. The normalized spacial score (nSPS) is 11.8. The highest BCUT2D eigenvalue weighted by Crippen LogP contribution is 2.20. The lowest BCUT2D eigenvalue weighted by Gasteiger charge is -2.11. The molecular formula is C13H16FN3O3S. The Kier molecular flexibility index (Phi) is 4.40. The smallest absolute Gasteiger partial charge is 0.241 e. The molecule has 0 saturated heterocycles. The van der Waals surface area contributed by atoms with Crippen LogP contribution in [0.15, 0.2) is 29.3 Å². The molecule has 8 heteroatoms. The highest BCUT2D eigenvalue weighted by molar-refractivity contribution is 7.89. The van der Waals surface area contributed by atoms with E-state index in [9.17, 15) is 12.8 Å². The van der Waals surface area contributed by atoms with E-state index in [1.165, 1.54) is 13.0 Å². The van der Waals surface area contributed by atoms with Crippen LogP contribution in [0, 0.1) is 12.7 Å². The van der Waals surface area contributed by atoms with Gasteiger partial charge in [0.25, 0.3) is 0 Å². The van der Waals surface area contributed by atoms with Crippen LogP contribution in [-0.4, -0.2) is 23.3 Å². The summed E-state index contributed by atoms with van der Waals surface area (Å²) in [6.07, 6.45) is 1.70. The Hall–Kier alpha value is -1.77. The molecule has 0 unspecified atom stereocenters. The fourth-order valence-corrected chi connectivity index (χ4v) is 3.18. The molecule has 0 bridgehead atoms. The van der Waals surface area contributed by atoms with E-state index in [0.29, 0.717) is 5.69 Å². The Morgan fingerprint density at radius 2 is 2.14 bits per heavy atom. The summed E-state index contributed by atoms with van der Waals surface area (Å²) in [6, 6.07) is 4.06. The number of benzene rings is 1. The highest BCUT2D eigenvalue weighted by atomic mass is 32.2. The molecule has 2 rings (SSSR count). The van der Waals surface area contributed by atoms with Crippen LogP contribution in [0.4, 0.5) is 4.39 Å². The lowest BCUT2D eigenvalue weighted by molar-refractivity contribution is 0.281. The maximum absolute atomic E-state index is 13.7. The lowest BCUT2D eigenvalue weighted by atomic mass is 10.1. The Labute approximate surface area is 122 Å². The van der Waals surface area contributed by atoms with Crippen LogP contribution in [0.5, 0.6) is 0 Å². The molecule has 0 radical (unpaired) electrons. The average Bonchev–Trinajstić information content (AvgIpc) is 2.85. The summed E-state index contributed by atoms with van der Waals surface area (Å²) in [4.78, 5) is -0.178. The van der Waals surface area contributed by atoms with Crippen molar-refractivity contribution in [2.24, 2.45) is 7.05 Å². The highest BCUT2D eigenvalue weighted by Gasteiger charge is 2.20. The number of aromatic nitrogens is 2. The van der Waals surface area contributed by atoms with Gasteiger partial charge in [-0.1, -0.05) is 0 Å². The van der Waals surface area contributed by atoms with Crippen molar-refractivity contribution in [2.45, 2.75) is 25.0 Å². The van der Waals surface area contributed by atoms with Gasteiger partial charge in [-0.2, -0.15) is 5.10 Å². The van der Waals surface area contributed by atoms with Crippen LogP contribution in [0.2, 0.25) is 0 Å². The number of aliphatic hydroxyl groups excluding tert-OH is 1. The van der Waals surface area contributed by atoms with E-state index < -0.39 is 22.4 Å². The number of nitrogens with one attached hydrogen (secondary N) is 1. The topological polar surface area (TPSA) is 84.2 Å². The van der Waals surface area contributed by atoms with E-state index >= 15 is 0 Å². The Balaban J connectivity index is 2.29. The molecule has 0 aliphatic rings. The number of nitrogens with zero attached hydrogens (tertiary/aromatic N) is 2. The van der Waals surface area contributed by atoms with Gasteiger partial charge in [-0.25, -0.2) is 17.5 Å². The van der Waals surface area contributed by atoms with Gasteiger partial charge in [0.15, 0.2) is 0 Å². The Bertz CT molecular complexity index is 756. The predicted molar refractivity (Wildman–Crippen MR) is 74.3 cm³/mol. The van der Waals surface area contributed by atoms with Crippen molar-refractivity contribution in [3.8, 4) is 0 Å². The van der Waals surface area contributed by atoms with Gasteiger partial charge in [0.1, 0.15) is 5.82 Å². The summed E-state index contributed by atoms with van der Waals surface area (Å²) in [5.41, 5.74) is 0.773. The maximum atomic E-state index is 13.7. The van der Waals surface area contributed by atoms with Crippen LogP contribution in [0.3, 0.4) is 0 Å². The molecular weight excluding hydrogens is 297 g/mol. The van der Waals surface area contributed by atoms with E-state index in [0.717, 1.165) is 6.07 Å². The first kappa shape index (κ1) is 15.6. The molecule has 0 aliphatic heterocycles. The number of sulfonamides is 1. The zero-order valence-corrected chi connectivity index (χ0v) is 12.5. The number of hydrogen-bond donors (Lipinski definition) is 2. The fourth-order valence-electron chi connectivity index (χ4n) is 1.88. The van der Waals surface area contributed by atoms with Crippen LogP contribution >= 0.6 is 0 Å². The molecule has 0 spiro atoms. The van der Waals surface area contributed by atoms with Crippen molar-refractivity contribution in [2.75, 3.05) is 0 Å². The summed E-state index contributed by atoms with van der Waals surface area (Å²) >= 11 is 0. The van der Waals surface area contributed by atoms with Gasteiger partial charge in [0.2, 0.25) is 10.0 Å². The minimum Gasteiger partial charge on any atom is -0.392 e. The van der Waals surface area contributed by atoms with E-state index in [4.69, 9.17) is 5.11 Å². The molecule has 2 aromatic rings. The third-order valence-electron chi connectivity index (χ3n) is 3.04. The average molecular weight is 313 g/mol. The largest absolute Gasteiger partial charge is 0.392 e. The summed E-state index contributed by atoms with van der Waals surface area (Å²) in [7, 11) is -2.16. The molecule has 0 amide bonds. The minimum absolute atomic E-state index is 0.00752. The van der Waals surface area contributed by atoms with Gasteiger partial charge in [-0.15, -0.1) is 0 Å². The van der Waals surface area contributed by atoms with Crippen molar-refractivity contribution in [1.29, 1.82) is 0 Å². The maximum Gasteiger partial charge on any atom is 0.241 e. The summed E-state index contributed by atoms with van der Waals surface area (Å²) in [5, 5.41) is 13.1. The van der Waals surface area contributed by atoms with E-state index in [-0.39, 0.29) is 22.6 Å². The second-order valence-electron chi connectivity index (χ2n) is 4.66. The van der Waals surface area contributed by atoms with E-state index in [1.54, 1.807) is 24.0 Å². The van der Waals surface area contributed by atoms with Crippen LogP contribution in [-0.2, 0) is 30.2 Å². The molecule has 1 aromatic carbocycles. The molecule has 0 saturated carbocycles. The molecule has 0 atom stereocenters. The van der Waals surface area contributed by atoms with Crippen LogP contribution < -0.4 is 4.72 Å². The van der Waals surface area contributed by atoms with Crippen molar-refractivity contribution < 1.29 is 17.9 Å². The first-order valence-electron chi connectivity index (χ1n) is 6.21. The minimum atomic E-state index is -3.89. The van der Waals surface area contributed by atoms with Gasteiger partial charge in [-0.05, 0) is 30.7 Å². The third-order valence-corrected chi connectivity index (χ3v) is 4.57. The van der Waals surface area contributed by atoms with Gasteiger partial charge < -0.3 is 5.11 Å². The first-order valence-corrected chi connectivity index (χ1v) is 7.70. The molecule has 21 heavy (non-hydrogen) atoms. The molecule has 1 aromatic heterocycles. The monoisotopic (exact) mass is 313 g/mol. The second-order valence-corrected chi connectivity index (χ2v) is 6.40. The number of hydrogen-bond acceptors (Lipinski definition) is 4. The lowest BCUT2D eigenvalue weighted by Crippen LogP contribution is -2.24. The molecule has 6 nitrogen and oxygen atoms in total. The van der Waals surface area contributed by atoms with Gasteiger partial charge in [0.05, 0.1) is 23.7 Å². The van der Waals surface area contributed by atoms with Gasteiger partial charge in [-0.3, -0.25) is 4.68 Å². The SMILES string of the molecule is Cc1c(F)cc(CO)cc1S(=O)(=O)NCc1ccn(C)n1. The summed E-state index contributed by atoms with van der Waals surface area (Å²) in [6.45, 7) is 0.958. The van der Waals surface area contributed by atoms with E-state index in [1.807, 2.05) is 0 Å². The molecule has 1 heterocycles. The zero-order chi connectivity index (χ0) is 15.6. The number of rotatable bonds is 5. The second kappa shape index (κ2) is 5.92. The first-order chi connectivity index (χ1) is 9.83. The molecule has 0 fully saturated rings. The van der Waals surface area contributed by atoms with Gasteiger partial charge in [0, 0.05) is 18.8 Å². The van der Waals surface area contributed by atoms with Crippen LogP contribution in [0.25, 0.3) is 0 Å². The molecule has 0 aliphatic carbocycles. The molecule has 114 valence electrons. The van der Waals surface area contributed by atoms with Gasteiger partial charge >= 0.3 is 0 Å². The number of aliphatic hydroxyl groups is 1. The summed E-state index contributed by atoms with van der Waals surface area (Å²) < 4.78 is 42.2. The molecule has 2 N–H and O–H groups in total. The van der Waals surface area contributed by atoms with E-state index in [2.05, 4.69) is 9.82 Å². The Morgan fingerprint density at radius 1 is 1.43 bits per heavy atom. The predicted octanol–water partition coefficient (Wildman–Crippen LogP) is 0.838. The van der Waals surface area contributed by atoms with Crippen molar-refractivity contribution in [1.82, 2.24) is 14.5 Å². The summed E-state index contributed by atoms with van der Waals surface area (Å²) in [5.74, 6) is -0.667.